The molecule has 0 aliphatic carbocycles. The highest BCUT2D eigenvalue weighted by Gasteiger charge is 2.14. The lowest BCUT2D eigenvalue weighted by molar-refractivity contribution is 0.604. The van der Waals surface area contributed by atoms with Gasteiger partial charge in [0.05, 0.1) is 0 Å². The second-order valence-electron chi connectivity index (χ2n) is 3.45. The third-order valence-electron chi connectivity index (χ3n) is 1.37. The molecule has 52 valence electrons. The maximum atomic E-state index is 5.59. The lowest BCUT2D eigenvalue weighted by Crippen LogP contribution is -2.08. The third-order valence-corrected chi connectivity index (χ3v) is 2.71. The average Bonchev–Trinajstić information content (AvgIpc) is 2.11. The molecule has 2 radical (unpaired) electrons. The molecule has 1 rings (SSSR count). The van der Waals surface area contributed by atoms with Crippen LogP contribution in [0.5, 0.6) is 0 Å². The first-order chi connectivity index (χ1) is 4.50. The van der Waals surface area contributed by atoms with Gasteiger partial charge < -0.3 is 0 Å². The highest BCUT2D eigenvalue weighted by molar-refractivity contribution is 7.20. The first-order valence-corrected chi connectivity index (χ1v) is 4.17. The molecule has 1 aromatic heterocycles. The quantitative estimate of drug-likeness (QED) is 0.495. The van der Waals surface area contributed by atoms with E-state index in [0.717, 1.165) is 4.78 Å². The summed E-state index contributed by atoms with van der Waals surface area (Å²) in [5.74, 6) is 0. The highest BCUT2D eigenvalue weighted by Crippen LogP contribution is 2.24. The molecule has 0 fully saturated rings. The van der Waals surface area contributed by atoms with Crippen LogP contribution in [0, 0.1) is 0 Å². The van der Waals surface area contributed by atoms with Crippen LogP contribution >= 0.6 is 11.3 Å². The van der Waals surface area contributed by atoms with Crippen LogP contribution in [-0.4, -0.2) is 7.85 Å². The second-order valence-corrected chi connectivity index (χ2v) is 4.57. The van der Waals surface area contributed by atoms with E-state index in [9.17, 15) is 0 Å². The molecule has 10 heavy (non-hydrogen) atoms. The summed E-state index contributed by atoms with van der Waals surface area (Å²) in [5, 5.41) is 0. The minimum atomic E-state index is 0.252. The summed E-state index contributed by atoms with van der Waals surface area (Å²) in [6.45, 7) is 6.58. The predicted octanol–water partition coefficient (Wildman–Crippen LogP) is 1.84. The van der Waals surface area contributed by atoms with Gasteiger partial charge in [-0.1, -0.05) is 26.8 Å². The topological polar surface area (TPSA) is 0 Å². The van der Waals surface area contributed by atoms with Crippen molar-refractivity contribution < 1.29 is 0 Å². The summed E-state index contributed by atoms with van der Waals surface area (Å²) < 4.78 is 0.907. The van der Waals surface area contributed by atoms with Crippen molar-refractivity contribution in [3.63, 3.8) is 0 Å². The Hall–Kier alpha value is -0.235. The molecule has 0 bridgehead atoms. The van der Waals surface area contributed by atoms with Gasteiger partial charge in [-0.3, -0.25) is 0 Å². The lowest BCUT2D eigenvalue weighted by Gasteiger charge is -2.15. The molecule has 0 saturated heterocycles. The zero-order valence-corrected chi connectivity index (χ0v) is 7.46. The Bertz CT molecular complexity index is 219. The van der Waals surface area contributed by atoms with E-state index < -0.39 is 0 Å². The van der Waals surface area contributed by atoms with E-state index in [1.807, 2.05) is 6.07 Å². The van der Waals surface area contributed by atoms with Crippen LogP contribution in [0.3, 0.4) is 0 Å². The van der Waals surface area contributed by atoms with Gasteiger partial charge in [0.1, 0.15) is 7.85 Å². The molecule has 0 N–H and O–H groups in total. The molecule has 2 heteroatoms. The van der Waals surface area contributed by atoms with Crippen molar-refractivity contribution >= 4 is 24.0 Å². The Balaban J connectivity index is 2.96. The number of thiophene rings is 1. The fourth-order valence-electron chi connectivity index (χ4n) is 0.756. The maximum Gasteiger partial charge on any atom is 0.128 e. The van der Waals surface area contributed by atoms with Gasteiger partial charge in [-0.2, -0.15) is 11.3 Å². The molecule has 1 aromatic rings. The Kier molecular flexibility index (Phi) is 1.91. The lowest BCUT2D eigenvalue weighted by atomic mass is 9.95. The molecule has 0 amide bonds. The Morgan fingerprint density at radius 1 is 1.30 bits per heavy atom. The Morgan fingerprint density at radius 3 is 2.10 bits per heavy atom. The van der Waals surface area contributed by atoms with E-state index >= 15 is 0 Å². The fourth-order valence-corrected chi connectivity index (χ4v) is 1.59. The van der Waals surface area contributed by atoms with Gasteiger partial charge in [0.15, 0.2) is 0 Å². The standard InChI is InChI=1S/C8H11BS/c1-8(2,3)6-4-5-7(9)10-6/h4-5H,1-3H3. The van der Waals surface area contributed by atoms with Gasteiger partial charge in [0.25, 0.3) is 0 Å². The molecule has 0 spiro atoms. The van der Waals surface area contributed by atoms with E-state index in [1.54, 1.807) is 11.3 Å². The largest absolute Gasteiger partial charge is 0.156 e. The molecular weight excluding hydrogens is 139 g/mol. The van der Waals surface area contributed by atoms with Crippen molar-refractivity contribution in [3.8, 4) is 0 Å². The van der Waals surface area contributed by atoms with Crippen molar-refractivity contribution in [2.24, 2.45) is 0 Å². The second kappa shape index (κ2) is 2.42. The summed E-state index contributed by atoms with van der Waals surface area (Å²) in [5.41, 5.74) is 0.252. The smallest absolute Gasteiger partial charge is 0.128 e. The van der Waals surface area contributed by atoms with Crippen LogP contribution < -0.4 is 4.78 Å². The summed E-state index contributed by atoms with van der Waals surface area (Å²) >= 11 is 1.67. The summed E-state index contributed by atoms with van der Waals surface area (Å²) in [6, 6.07) is 4.06. The molecule has 0 aromatic carbocycles. The van der Waals surface area contributed by atoms with Gasteiger partial charge in [0.2, 0.25) is 0 Å². The highest BCUT2D eigenvalue weighted by atomic mass is 32.1. The number of hydrogen-bond acceptors (Lipinski definition) is 1. The van der Waals surface area contributed by atoms with Crippen LogP contribution in [0.2, 0.25) is 0 Å². The zero-order chi connectivity index (χ0) is 7.78. The summed E-state index contributed by atoms with van der Waals surface area (Å²) in [7, 11) is 5.59. The van der Waals surface area contributed by atoms with Crippen molar-refractivity contribution in [3.05, 3.63) is 17.0 Å². The van der Waals surface area contributed by atoms with Crippen LogP contribution in [0.1, 0.15) is 25.6 Å². The molecule has 0 nitrogen and oxygen atoms in total. The minimum Gasteiger partial charge on any atom is -0.156 e. The summed E-state index contributed by atoms with van der Waals surface area (Å²) in [4.78, 5) is 1.35. The van der Waals surface area contributed by atoms with Gasteiger partial charge >= 0.3 is 0 Å². The van der Waals surface area contributed by atoms with Crippen molar-refractivity contribution in [1.82, 2.24) is 0 Å². The van der Waals surface area contributed by atoms with Crippen LogP contribution in [-0.2, 0) is 5.41 Å². The molecule has 0 aliphatic rings. The Morgan fingerprint density at radius 2 is 1.90 bits per heavy atom. The van der Waals surface area contributed by atoms with E-state index in [0.29, 0.717) is 0 Å². The third kappa shape index (κ3) is 1.63. The van der Waals surface area contributed by atoms with Crippen LogP contribution in [0.4, 0.5) is 0 Å². The first-order valence-electron chi connectivity index (χ1n) is 3.36. The molecule has 0 unspecified atom stereocenters. The monoisotopic (exact) mass is 150 g/mol. The van der Waals surface area contributed by atoms with Crippen molar-refractivity contribution in [2.45, 2.75) is 26.2 Å². The molecule has 0 aliphatic heterocycles. The predicted molar refractivity (Wildman–Crippen MR) is 48.4 cm³/mol. The molecule has 0 saturated carbocycles. The van der Waals surface area contributed by atoms with Gasteiger partial charge in [-0.25, -0.2) is 0 Å². The molecule has 0 atom stereocenters. The Labute approximate surface area is 67.7 Å². The van der Waals surface area contributed by atoms with Gasteiger partial charge in [-0.15, -0.1) is 0 Å². The van der Waals surface area contributed by atoms with Crippen molar-refractivity contribution in [2.75, 3.05) is 0 Å². The van der Waals surface area contributed by atoms with Crippen LogP contribution in [0.15, 0.2) is 12.1 Å². The van der Waals surface area contributed by atoms with E-state index in [1.165, 1.54) is 4.88 Å². The summed E-state index contributed by atoms with van der Waals surface area (Å²) in [6.07, 6.45) is 0. The zero-order valence-electron chi connectivity index (χ0n) is 6.64. The maximum absolute atomic E-state index is 5.59. The number of rotatable bonds is 0. The van der Waals surface area contributed by atoms with Crippen molar-refractivity contribution in [1.29, 1.82) is 0 Å². The fraction of sp³-hybridized carbons (Fsp3) is 0.500. The molecule has 1 heterocycles. The average molecular weight is 150 g/mol. The van der Waals surface area contributed by atoms with Gasteiger partial charge in [-0.05, 0) is 16.3 Å². The number of hydrogen-bond donors (Lipinski definition) is 0. The van der Waals surface area contributed by atoms with E-state index in [2.05, 4.69) is 26.8 Å². The molecular formula is C8H11BS. The minimum absolute atomic E-state index is 0.252. The van der Waals surface area contributed by atoms with Crippen LogP contribution in [0.25, 0.3) is 0 Å². The SMILES string of the molecule is [B]c1ccc(C(C)(C)C)s1. The van der Waals surface area contributed by atoms with E-state index in [-0.39, 0.29) is 5.41 Å². The van der Waals surface area contributed by atoms with E-state index in [4.69, 9.17) is 7.85 Å². The first kappa shape index (κ1) is 7.87. The normalized spacial score (nSPS) is 11.9. The van der Waals surface area contributed by atoms with Gasteiger partial charge in [0, 0.05) is 4.88 Å².